The van der Waals surface area contributed by atoms with E-state index in [0.29, 0.717) is 6.61 Å². The highest BCUT2D eigenvalue weighted by molar-refractivity contribution is 5.98. The Morgan fingerprint density at radius 1 is 1.50 bits per heavy atom. The molecule has 0 aliphatic rings. The molecule has 0 saturated carbocycles. The normalized spacial score (nSPS) is 13.9. The molecule has 0 rings (SSSR count). The smallest absolute Gasteiger partial charge is 0.319 e. The van der Waals surface area contributed by atoms with E-state index in [1.807, 2.05) is 0 Å². The summed E-state index contributed by atoms with van der Waals surface area (Å²) in [4.78, 5) is 22.4. The molecule has 4 nitrogen and oxygen atoms in total. The van der Waals surface area contributed by atoms with Crippen molar-refractivity contribution in [2.24, 2.45) is 5.92 Å². The van der Waals surface area contributed by atoms with Crippen LogP contribution in [0.5, 0.6) is 0 Å². The van der Waals surface area contributed by atoms with Gasteiger partial charge < -0.3 is 9.47 Å². The summed E-state index contributed by atoms with van der Waals surface area (Å²) in [5, 5.41) is 0. The maximum absolute atomic E-state index is 11.2. The third-order valence-corrected chi connectivity index (χ3v) is 1.71. The first-order chi connectivity index (χ1) is 6.58. The van der Waals surface area contributed by atoms with E-state index < -0.39 is 18.0 Å². The summed E-state index contributed by atoms with van der Waals surface area (Å²) in [6.45, 7) is 3.36. The maximum Gasteiger partial charge on any atom is 0.319 e. The zero-order valence-corrected chi connectivity index (χ0v) is 8.57. The molecule has 0 aromatic carbocycles. The summed E-state index contributed by atoms with van der Waals surface area (Å²) in [5.41, 5.74) is 0. The summed E-state index contributed by atoms with van der Waals surface area (Å²) in [6, 6.07) is 0. The van der Waals surface area contributed by atoms with E-state index in [4.69, 9.17) is 11.2 Å². The molecule has 0 bridgehead atoms. The molecular formula is C10H14O4. The average molecular weight is 198 g/mol. The molecule has 0 unspecified atom stereocenters. The van der Waals surface area contributed by atoms with Crippen LogP contribution in [-0.2, 0) is 19.1 Å². The van der Waals surface area contributed by atoms with Crippen LogP contribution in [0.15, 0.2) is 0 Å². The molecule has 0 aliphatic carbocycles. The second kappa shape index (κ2) is 6.17. The van der Waals surface area contributed by atoms with Gasteiger partial charge in [-0.2, -0.15) is 0 Å². The van der Waals surface area contributed by atoms with Gasteiger partial charge in [-0.15, -0.1) is 6.42 Å². The van der Waals surface area contributed by atoms with Gasteiger partial charge in [0.25, 0.3) is 0 Å². The van der Waals surface area contributed by atoms with Crippen LogP contribution in [0.2, 0.25) is 0 Å². The number of ketones is 1. The molecule has 0 N–H and O–H groups in total. The van der Waals surface area contributed by atoms with Crippen molar-refractivity contribution < 1.29 is 19.1 Å². The van der Waals surface area contributed by atoms with Crippen molar-refractivity contribution in [2.75, 3.05) is 13.7 Å². The van der Waals surface area contributed by atoms with Crippen molar-refractivity contribution in [3.05, 3.63) is 0 Å². The first kappa shape index (κ1) is 12.7. The summed E-state index contributed by atoms with van der Waals surface area (Å²) < 4.78 is 9.55. The van der Waals surface area contributed by atoms with Crippen molar-refractivity contribution in [1.82, 2.24) is 0 Å². The number of carbonyl (C=O) groups excluding carboxylic acids is 2. The van der Waals surface area contributed by atoms with Gasteiger partial charge in [-0.3, -0.25) is 9.59 Å². The lowest BCUT2D eigenvalue weighted by Gasteiger charge is -2.17. The zero-order valence-electron chi connectivity index (χ0n) is 8.57. The molecule has 0 spiro atoms. The number of hydrogen-bond acceptors (Lipinski definition) is 4. The van der Waals surface area contributed by atoms with Crippen LogP contribution < -0.4 is 0 Å². The summed E-state index contributed by atoms with van der Waals surface area (Å²) in [5.74, 6) is 0.221. The van der Waals surface area contributed by atoms with Crippen LogP contribution in [-0.4, -0.2) is 31.6 Å². The van der Waals surface area contributed by atoms with Crippen LogP contribution in [0.3, 0.4) is 0 Å². The SMILES string of the molecule is C#C[C@@H](OCC)[C@H](C(C)=O)C(=O)OC. The third kappa shape index (κ3) is 3.19. The second-order valence-corrected chi connectivity index (χ2v) is 2.65. The Labute approximate surface area is 83.6 Å². The number of rotatable bonds is 5. The van der Waals surface area contributed by atoms with Crippen LogP contribution in [0.25, 0.3) is 0 Å². The predicted octanol–water partition coefficient (Wildman–Crippen LogP) is 0.403. The molecule has 0 aromatic rings. The first-order valence-corrected chi connectivity index (χ1v) is 4.24. The van der Waals surface area contributed by atoms with Crippen molar-refractivity contribution in [2.45, 2.75) is 20.0 Å². The highest BCUT2D eigenvalue weighted by Crippen LogP contribution is 2.11. The number of carbonyl (C=O) groups is 2. The van der Waals surface area contributed by atoms with Crippen molar-refractivity contribution in [3.8, 4) is 12.3 Å². The molecule has 14 heavy (non-hydrogen) atoms. The fourth-order valence-corrected chi connectivity index (χ4v) is 1.05. The molecule has 0 fully saturated rings. The van der Waals surface area contributed by atoms with Gasteiger partial charge in [0, 0.05) is 6.61 Å². The molecule has 0 radical (unpaired) electrons. The number of esters is 1. The second-order valence-electron chi connectivity index (χ2n) is 2.65. The molecule has 78 valence electrons. The largest absolute Gasteiger partial charge is 0.468 e. The quantitative estimate of drug-likeness (QED) is 0.364. The van der Waals surface area contributed by atoms with Crippen LogP contribution in [0.4, 0.5) is 0 Å². The number of ether oxygens (including phenoxy) is 2. The fourth-order valence-electron chi connectivity index (χ4n) is 1.05. The standard InChI is InChI=1S/C10H14O4/c1-5-8(14-6-2)9(7(3)11)10(12)13-4/h1,8-9H,6H2,2-4H3/t8-,9+/m1/s1. The Bertz CT molecular complexity index is 251. The Morgan fingerprint density at radius 3 is 2.36 bits per heavy atom. The molecule has 0 aliphatic heterocycles. The Kier molecular flexibility index (Phi) is 5.58. The Morgan fingerprint density at radius 2 is 2.07 bits per heavy atom. The lowest BCUT2D eigenvalue weighted by molar-refractivity contribution is -0.153. The summed E-state index contributed by atoms with van der Waals surface area (Å²) in [7, 11) is 1.21. The Balaban J connectivity index is 4.71. The van der Waals surface area contributed by atoms with Crippen LogP contribution >= 0.6 is 0 Å². The molecule has 0 saturated heterocycles. The van der Waals surface area contributed by atoms with Crippen molar-refractivity contribution in [1.29, 1.82) is 0 Å². The molecule has 0 aromatic heterocycles. The molecule has 4 heteroatoms. The monoisotopic (exact) mass is 198 g/mol. The van der Waals surface area contributed by atoms with E-state index >= 15 is 0 Å². The maximum atomic E-state index is 11.2. The lowest BCUT2D eigenvalue weighted by atomic mass is 9.99. The van der Waals surface area contributed by atoms with E-state index in [-0.39, 0.29) is 5.78 Å². The van der Waals surface area contributed by atoms with E-state index in [1.54, 1.807) is 6.92 Å². The van der Waals surface area contributed by atoms with Crippen molar-refractivity contribution in [3.63, 3.8) is 0 Å². The Hall–Kier alpha value is -1.34. The fraction of sp³-hybridized carbons (Fsp3) is 0.600. The third-order valence-electron chi connectivity index (χ3n) is 1.71. The van der Waals surface area contributed by atoms with Gasteiger partial charge >= 0.3 is 5.97 Å². The highest BCUT2D eigenvalue weighted by atomic mass is 16.5. The van der Waals surface area contributed by atoms with Crippen LogP contribution in [0.1, 0.15) is 13.8 Å². The van der Waals surface area contributed by atoms with E-state index in [9.17, 15) is 9.59 Å². The number of hydrogen-bond donors (Lipinski definition) is 0. The molecule has 0 amide bonds. The molecule has 0 heterocycles. The predicted molar refractivity (Wildman–Crippen MR) is 50.4 cm³/mol. The molecule has 2 atom stereocenters. The van der Waals surface area contributed by atoms with E-state index in [1.165, 1.54) is 14.0 Å². The van der Waals surface area contributed by atoms with E-state index in [0.717, 1.165) is 0 Å². The van der Waals surface area contributed by atoms with Gasteiger partial charge in [0.2, 0.25) is 0 Å². The topological polar surface area (TPSA) is 52.6 Å². The minimum atomic E-state index is -1.02. The summed E-state index contributed by atoms with van der Waals surface area (Å²) >= 11 is 0. The average Bonchev–Trinajstić information content (AvgIpc) is 2.16. The van der Waals surface area contributed by atoms with Gasteiger partial charge in [-0.25, -0.2) is 0 Å². The lowest BCUT2D eigenvalue weighted by Crippen LogP contribution is -2.35. The summed E-state index contributed by atoms with van der Waals surface area (Å²) in [6.07, 6.45) is 4.31. The van der Waals surface area contributed by atoms with Gasteiger partial charge in [0.1, 0.15) is 11.9 Å². The highest BCUT2D eigenvalue weighted by Gasteiger charge is 2.32. The van der Waals surface area contributed by atoms with Crippen LogP contribution in [0, 0.1) is 18.3 Å². The first-order valence-electron chi connectivity index (χ1n) is 4.24. The van der Waals surface area contributed by atoms with Gasteiger partial charge in [-0.05, 0) is 13.8 Å². The van der Waals surface area contributed by atoms with Gasteiger partial charge in [0.15, 0.2) is 5.92 Å². The van der Waals surface area contributed by atoms with Gasteiger partial charge in [0.05, 0.1) is 7.11 Å². The van der Waals surface area contributed by atoms with E-state index in [2.05, 4.69) is 10.7 Å². The number of Topliss-reactive ketones (excluding diaryl/α,β-unsaturated/α-hetero) is 1. The molecular weight excluding hydrogens is 184 g/mol. The van der Waals surface area contributed by atoms with Gasteiger partial charge in [-0.1, -0.05) is 5.92 Å². The number of terminal acetylenes is 1. The minimum absolute atomic E-state index is 0.343. The zero-order chi connectivity index (χ0) is 11.1. The minimum Gasteiger partial charge on any atom is -0.468 e. The number of methoxy groups -OCH3 is 1. The van der Waals surface area contributed by atoms with Crippen molar-refractivity contribution >= 4 is 11.8 Å².